The van der Waals surface area contributed by atoms with E-state index in [0.717, 1.165) is 0 Å². The summed E-state index contributed by atoms with van der Waals surface area (Å²) in [7, 11) is 0. The van der Waals surface area contributed by atoms with Gasteiger partial charge >= 0.3 is 5.97 Å². The summed E-state index contributed by atoms with van der Waals surface area (Å²) in [5.74, 6) is -0.564. The predicted molar refractivity (Wildman–Crippen MR) is 75.8 cm³/mol. The summed E-state index contributed by atoms with van der Waals surface area (Å²) in [5, 5.41) is 8.58. The third-order valence-electron chi connectivity index (χ3n) is 3.32. The number of ether oxygens (including phenoxy) is 1. The number of ketones is 1. The molecular formula is C15H17NO5. The number of carbonyl (C=O) groups excluding carboxylic acids is 2. The fourth-order valence-electron chi connectivity index (χ4n) is 2.26. The van der Waals surface area contributed by atoms with Crippen molar-refractivity contribution in [2.45, 2.75) is 26.2 Å². The van der Waals surface area contributed by atoms with Gasteiger partial charge in [0.25, 0.3) is 0 Å². The molecule has 2 rings (SSSR count). The van der Waals surface area contributed by atoms with E-state index in [0.29, 0.717) is 36.6 Å². The highest BCUT2D eigenvalue weighted by molar-refractivity contribution is 6.00. The number of hydrogen-bond acceptors (Lipinski definition) is 4. The number of amides is 1. The molecule has 1 aliphatic heterocycles. The number of carboxylic acid groups (broad SMARTS) is 1. The van der Waals surface area contributed by atoms with E-state index < -0.39 is 5.97 Å². The minimum atomic E-state index is -0.913. The predicted octanol–water partition coefficient (Wildman–Crippen LogP) is 1.87. The van der Waals surface area contributed by atoms with Gasteiger partial charge in [-0.2, -0.15) is 0 Å². The van der Waals surface area contributed by atoms with E-state index in [1.165, 1.54) is 6.92 Å². The van der Waals surface area contributed by atoms with Crippen molar-refractivity contribution in [2.24, 2.45) is 0 Å². The molecule has 1 N–H and O–H groups in total. The number of rotatable bonds is 5. The van der Waals surface area contributed by atoms with E-state index in [1.807, 2.05) is 0 Å². The van der Waals surface area contributed by atoms with Crippen LogP contribution in [0.5, 0.6) is 5.75 Å². The molecule has 0 saturated carbocycles. The number of hydrogen-bond donors (Lipinski definition) is 1. The highest BCUT2D eigenvalue weighted by atomic mass is 16.5. The van der Waals surface area contributed by atoms with Crippen molar-refractivity contribution in [1.29, 1.82) is 0 Å². The zero-order chi connectivity index (χ0) is 15.4. The monoisotopic (exact) mass is 291 g/mol. The van der Waals surface area contributed by atoms with Crippen LogP contribution in [0.15, 0.2) is 18.2 Å². The van der Waals surface area contributed by atoms with E-state index in [9.17, 15) is 14.4 Å². The van der Waals surface area contributed by atoms with Gasteiger partial charge in [-0.05, 0) is 24.6 Å². The van der Waals surface area contributed by atoms with Crippen LogP contribution in [0, 0.1) is 0 Å². The standard InChI is InChI=1S/C15H17NO5/c1-10(17)16-7-8-21-14-6-5-11(9-12(14)16)13(18)3-2-4-15(19)20/h5-6,9H,2-4,7-8H2,1H3,(H,19,20). The smallest absolute Gasteiger partial charge is 0.303 e. The minimum Gasteiger partial charge on any atom is -0.490 e. The zero-order valence-corrected chi connectivity index (χ0v) is 11.8. The Bertz CT molecular complexity index is 581. The molecule has 1 aromatic rings. The number of anilines is 1. The van der Waals surface area contributed by atoms with Crippen LogP contribution < -0.4 is 9.64 Å². The molecular weight excluding hydrogens is 274 g/mol. The van der Waals surface area contributed by atoms with Gasteiger partial charge in [0.2, 0.25) is 5.91 Å². The summed E-state index contributed by atoms with van der Waals surface area (Å²) in [6.45, 7) is 2.36. The first kappa shape index (κ1) is 15.0. The first-order chi connectivity index (χ1) is 9.99. The number of benzene rings is 1. The number of Topliss-reactive ketones (excluding diaryl/α,β-unsaturated/α-hetero) is 1. The first-order valence-electron chi connectivity index (χ1n) is 6.79. The van der Waals surface area contributed by atoms with Crippen molar-refractivity contribution < 1.29 is 24.2 Å². The lowest BCUT2D eigenvalue weighted by Gasteiger charge is -2.29. The van der Waals surface area contributed by atoms with Crippen molar-refractivity contribution >= 4 is 23.3 Å². The van der Waals surface area contributed by atoms with E-state index in [2.05, 4.69) is 0 Å². The molecule has 6 heteroatoms. The molecule has 0 aliphatic carbocycles. The molecule has 1 heterocycles. The Labute approximate surface area is 122 Å². The van der Waals surface area contributed by atoms with Crippen LogP contribution in [-0.4, -0.2) is 35.9 Å². The maximum absolute atomic E-state index is 12.1. The molecule has 0 radical (unpaired) electrons. The first-order valence-corrected chi connectivity index (χ1v) is 6.79. The summed E-state index contributed by atoms with van der Waals surface area (Å²) >= 11 is 0. The lowest BCUT2D eigenvalue weighted by atomic mass is 10.0. The van der Waals surface area contributed by atoms with E-state index in [4.69, 9.17) is 9.84 Å². The van der Waals surface area contributed by atoms with Crippen molar-refractivity contribution in [3.05, 3.63) is 23.8 Å². The molecule has 0 bridgehead atoms. The van der Waals surface area contributed by atoms with Crippen molar-refractivity contribution in [2.75, 3.05) is 18.1 Å². The molecule has 1 aromatic carbocycles. The number of aliphatic carboxylic acids is 1. The van der Waals surface area contributed by atoms with E-state index >= 15 is 0 Å². The Morgan fingerprint density at radius 1 is 1.29 bits per heavy atom. The summed E-state index contributed by atoms with van der Waals surface area (Å²) in [6.07, 6.45) is 0.448. The zero-order valence-electron chi connectivity index (χ0n) is 11.8. The maximum atomic E-state index is 12.1. The van der Waals surface area contributed by atoms with Gasteiger partial charge in [0.05, 0.1) is 12.2 Å². The molecule has 0 aromatic heterocycles. The molecule has 112 valence electrons. The fraction of sp³-hybridized carbons (Fsp3) is 0.400. The average molecular weight is 291 g/mol. The molecule has 0 spiro atoms. The molecule has 0 unspecified atom stereocenters. The van der Waals surface area contributed by atoms with Crippen LogP contribution in [0.2, 0.25) is 0 Å². The van der Waals surface area contributed by atoms with E-state index in [1.54, 1.807) is 23.1 Å². The largest absolute Gasteiger partial charge is 0.490 e. The van der Waals surface area contributed by atoms with Crippen LogP contribution in [0.25, 0.3) is 0 Å². The molecule has 1 aliphatic rings. The van der Waals surface area contributed by atoms with Crippen molar-refractivity contribution in [3.63, 3.8) is 0 Å². The van der Waals surface area contributed by atoms with Gasteiger partial charge in [-0.1, -0.05) is 0 Å². The third-order valence-corrected chi connectivity index (χ3v) is 3.32. The Balaban J connectivity index is 2.15. The summed E-state index contributed by atoms with van der Waals surface area (Å²) in [4.78, 5) is 35.7. The Morgan fingerprint density at radius 3 is 2.71 bits per heavy atom. The van der Waals surface area contributed by atoms with Gasteiger partial charge in [0.1, 0.15) is 12.4 Å². The van der Waals surface area contributed by atoms with Crippen LogP contribution >= 0.6 is 0 Å². The number of carboxylic acids is 1. The minimum absolute atomic E-state index is 0.0284. The van der Waals surface area contributed by atoms with Crippen LogP contribution in [0.3, 0.4) is 0 Å². The quantitative estimate of drug-likeness (QED) is 0.837. The van der Waals surface area contributed by atoms with Gasteiger partial charge in [-0.15, -0.1) is 0 Å². The molecule has 0 saturated heterocycles. The second kappa shape index (κ2) is 6.39. The molecule has 0 atom stereocenters. The Morgan fingerprint density at radius 2 is 2.05 bits per heavy atom. The molecule has 1 amide bonds. The molecule has 6 nitrogen and oxygen atoms in total. The normalized spacial score (nSPS) is 13.3. The second-order valence-electron chi connectivity index (χ2n) is 4.87. The number of nitrogens with zero attached hydrogens (tertiary/aromatic N) is 1. The van der Waals surface area contributed by atoms with Crippen LogP contribution in [0.1, 0.15) is 36.5 Å². The van der Waals surface area contributed by atoms with Gasteiger partial charge in [0.15, 0.2) is 5.78 Å². The van der Waals surface area contributed by atoms with Gasteiger partial charge in [0, 0.05) is 25.3 Å². The average Bonchev–Trinajstić information content (AvgIpc) is 2.45. The van der Waals surface area contributed by atoms with E-state index in [-0.39, 0.29) is 24.5 Å². The molecule has 21 heavy (non-hydrogen) atoms. The highest BCUT2D eigenvalue weighted by Gasteiger charge is 2.22. The van der Waals surface area contributed by atoms with Crippen LogP contribution in [-0.2, 0) is 9.59 Å². The SMILES string of the molecule is CC(=O)N1CCOc2ccc(C(=O)CCCC(=O)O)cc21. The summed E-state index contributed by atoms with van der Waals surface area (Å²) < 4.78 is 5.47. The molecule has 0 fully saturated rings. The Kier molecular flexibility index (Phi) is 4.57. The lowest BCUT2D eigenvalue weighted by molar-refractivity contribution is -0.137. The summed E-state index contributed by atoms with van der Waals surface area (Å²) in [6, 6.07) is 4.96. The van der Waals surface area contributed by atoms with Crippen molar-refractivity contribution in [1.82, 2.24) is 0 Å². The lowest BCUT2D eigenvalue weighted by Crippen LogP contribution is -2.36. The Hall–Kier alpha value is -2.37. The second-order valence-corrected chi connectivity index (χ2v) is 4.87. The van der Waals surface area contributed by atoms with Crippen molar-refractivity contribution in [3.8, 4) is 5.75 Å². The topological polar surface area (TPSA) is 83.9 Å². The number of fused-ring (bicyclic) bond motifs is 1. The number of carbonyl (C=O) groups is 3. The van der Waals surface area contributed by atoms with Gasteiger partial charge < -0.3 is 14.7 Å². The van der Waals surface area contributed by atoms with Crippen LogP contribution in [0.4, 0.5) is 5.69 Å². The fourth-order valence-corrected chi connectivity index (χ4v) is 2.26. The highest BCUT2D eigenvalue weighted by Crippen LogP contribution is 2.33. The third kappa shape index (κ3) is 3.59. The van der Waals surface area contributed by atoms with Gasteiger partial charge in [-0.25, -0.2) is 0 Å². The maximum Gasteiger partial charge on any atom is 0.303 e. The van der Waals surface area contributed by atoms with Gasteiger partial charge in [-0.3, -0.25) is 14.4 Å². The summed E-state index contributed by atoms with van der Waals surface area (Å²) in [5.41, 5.74) is 1.06.